The van der Waals surface area contributed by atoms with Crippen LogP contribution in [0.2, 0.25) is 0 Å². The number of rotatable bonds is 5. The number of nitrogens with one attached hydrogen (secondary N) is 1. The molecule has 5 amide bonds. The van der Waals surface area contributed by atoms with Crippen LogP contribution < -0.4 is 26.6 Å². The molecule has 3 aromatic heterocycles. The number of halogens is 1. The number of carbonyl (C=O) groups is 5. The predicted molar refractivity (Wildman–Crippen MR) is 365 cm³/mol. The first-order valence-corrected chi connectivity index (χ1v) is 37.9. The van der Waals surface area contributed by atoms with Crippen molar-refractivity contribution >= 4 is 90.1 Å². The molecule has 23 heteroatoms. The van der Waals surface area contributed by atoms with Gasteiger partial charge in [-0.1, -0.05) is 70.6 Å². The van der Waals surface area contributed by atoms with Gasteiger partial charge in [-0.2, -0.15) is 5.26 Å². The Hall–Kier alpha value is -4.47. The van der Waals surface area contributed by atoms with Crippen LogP contribution in [-0.2, 0) is 23.9 Å². The van der Waals surface area contributed by atoms with E-state index in [1.807, 2.05) is 69.9 Å². The molecule has 91 heavy (non-hydrogen) atoms. The largest absolute Gasteiger partial charge is 0.444 e. The second-order valence-electron chi connectivity index (χ2n) is 29.2. The summed E-state index contributed by atoms with van der Waals surface area (Å²) in [4.78, 5) is 89.0. The van der Waals surface area contributed by atoms with Gasteiger partial charge in [-0.05, 0) is 183 Å². The fourth-order valence-electron chi connectivity index (χ4n) is 15.1. The number of piperidine rings is 6. The lowest BCUT2D eigenvalue weighted by atomic mass is 9.79. The lowest BCUT2D eigenvalue weighted by Gasteiger charge is -2.43. The van der Waals surface area contributed by atoms with E-state index in [1.165, 1.54) is 124 Å². The van der Waals surface area contributed by atoms with Crippen LogP contribution in [0.15, 0.2) is 22.5 Å². The van der Waals surface area contributed by atoms with Gasteiger partial charge in [0.05, 0.1) is 17.8 Å². The minimum absolute atomic E-state index is 0.0332. The Kier molecular flexibility index (Phi) is 25.9. The highest BCUT2D eigenvalue weighted by Crippen LogP contribution is 2.43. The van der Waals surface area contributed by atoms with Crippen molar-refractivity contribution in [3.05, 3.63) is 37.1 Å². The van der Waals surface area contributed by atoms with Gasteiger partial charge in [-0.3, -0.25) is 24.2 Å². The third kappa shape index (κ3) is 20.0. The molecule has 3 aromatic rings. The first-order valence-electron chi connectivity index (χ1n) is 34.7. The Morgan fingerprint density at radius 3 is 1.33 bits per heavy atom. The zero-order chi connectivity index (χ0) is 64.8. The zero-order valence-corrected chi connectivity index (χ0v) is 59.3. The molecule has 504 valence electrons. The maximum atomic E-state index is 13.3. The van der Waals surface area contributed by atoms with E-state index >= 15 is 0 Å². The molecule has 4 aliphatic carbocycles. The molecule has 9 heterocycles. The Bertz CT molecular complexity index is 2880. The molecular weight excluding hydrogens is 1270 g/mol. The SMILES string of the molecule is Brc1ncc(C2CCCCC2)s1.CC(C)(C)OC(=O)N1CC[C@H]2CCN(c3ncc(C4CCCCC4)s3)C(=O)[C@@H]2C1.CC(C)(C)OC(=O)N1CC[C@H]2CCNC(=O)[C@@H]2C1.N#CN1CC[C@H]2CCN(c3ncc(C4CCCCC4)s3)C(=O)[C@@H]2C1.N[C@@H]1CCCC[C@@H]1N. The van der Waals surface area contributed by atoms with Crippen LogP contribution in [0.4, 0.5) is 19.9 Å². The lowest BCUT2D eigenvalue weighted by molar-refractivity contribution is -0.131. The highest BCUT2D eigenvalue weighted by molar-refractivity contribution is 9.11. The second-order valence-corrected chi connectivity index (χ2v) is 33.6. The number of hydrogen-bond donors (Lipinski definition) is 3. The number of nitrogens with two attached hydrogens (primary N) is 2. The fraction of sp³-hybridized carbons (Fsp3) is 0.779. The molecule has 10 aliphatic rings. The Labute approximate surface area is 562 Å². The summed E-state index contributed by atoms with van der Waals surface area (Å²) < 4.78 is 11.9. The van der Waals surface area contributed by atoms with Crippen LogP contribution in [-0.4, -0.2) is 142 Å². The minimum atomic E-state index is -0.521. The van der Waals surface area contributed by atoms with Gasteiger partial charge in [0.1, 0.15) is 11.2 Å². The summed E-state index contributed by atoms with van der Waals surface area (Å²) >= 11 is 8.61. The zero-order valence-electron chi connectivity index (χ0n) is 55.3. The highest BCUT2D eigenvalue weighted by Gasteiger charge is 2.45. The van der Waals surface area contributed by atoms with Gasteiger partial charge in [-0.25, -0.2) is 24.5 Å². The van der Waals surface area contributed by atoms with E-state index in [4.69, 9.17) is 26.2 Å². The van der Waals surface area contributed by atoms with Crippen molar-refractivity contribution in [3.63, 3.8) is 0 Å². The number of thiazole rings is 3. The van der Waals surface area contributed by atoms with E-state index in [1.54, 1.807) is 48.7 Å². The molecule has 10 fully saturated rings. The lowest BCUT2D eigenvalue weighted by Crippen LogP contribution is -2.55. The van der Waals surface area contributed by atoms with Crippen molar-refractivity contribution in [2.45, 2.75) is 243 Å². The fourth-order valence-corrected chi connectivity index (χ4v) is 18.8. The molecule has 13 rings (SSSR count). The van der Waals surface area contributed by atoms with E-state index in [2.05, 4.69) is 42.4 Å². The van der Waals surface area contributed by atoms with Crippen molar-refractivity contribution in [1.82, 2.24) is 35.0 Å². The average molecular weight is 1380 g/mol. The molecule has 0 aromatic carbocycles. The third-order valence-electron chi connectivity index (χ3n) is 20.4. The van der Waals surface area contributed by atoms with Crippen molar-refractivity contribution < 1.29 is 33.4 Å². The monoisotopic (exact) mass is 1380 g/mol. The summed E-state index contributed by atoms with van der Waals surface area (Å²) in [5.41, 5.74) is 10.3. The van der Waals surface area contributed by atoms with Gasteiger partial charge in [0, 0.05) is 104 Å². The summed E-state index contributed by atoms with van der Waals surface area (Å²) in [6.45, 7) is 17.2. The summed E-state index contributed by atoms with van der Waals surface area (Å²) in [6, 6.07) is 0.562. The number of anilines is 2. The molecule has 6 aliphatic heterocycles. The van der Waals surface area contributed by atoms with Gasteiger partial charge in [-0.15, -0.1) is 34.0 Å². The first-order chi connectivity index (χ1) is 43.6. The number of ether oxygens (including phenoxy) is 2. The molecule has 0 spiro atoms. The van der Waals surface area contributed by atoms with Crippen LogP contribution in [0.3, 0.4) is 0 Å². The van der Waals surface area contributed by atoms with Gasteiger partial charge >= 0.3 is 12.2 Å². The molecule has 6 saturated heterocycles. The topological polar surface area (TPSA) is 247 Å². The Balaban J connectivity index is 0.000000143. The van der Waals surface area contributed by atoms with Gasteiger partial charge in [0.25, 0.3) is 0 Å². The predicted octanol–water partition coefficient (Wildman–Crippen LogP) is 13.7. The van der Waals surface area contributed by atoms with Crippen LogP contribution >= 0.6 is 49.9 Å². The summed E-state index contributed by atoms with van der Waals surface area (Å²) in [6.07, 6.45) is 38.1. The first kappa shape index (κ1) is 70.8. The van der Waals surface area contributed by atoms with E-state index in [9.17, 15) is 24.0 Å². The molecule has 4 saturated carbocycles. The van der Waals surface area contributed by atoms with Crippen LogP contribution in [0, 0.1) is 47.0 Å². The number of amides is 5. The van der Waals surface area contributed by atoms with Crippen molar-refractivity contribution in [2.75, 3.05) is 68.7 Å². The Morgan fingerprint density at radius 1 is 0.527 bits per heavy atom. The van der Waals surface area contributed by atoms with E-state index in [0.717, 1.165) is 97.6 Å². The number of carbonyl (C=O) groups excluding carboxylic acids is 5. The van der Waals surface area contributed by atoms with E-state index < -0.39 is 11.2 Å². The normalized spacial score (nSPS) is 27.6. The number of hydrogen-bond acceptors (Lipinski definition) is 17. The van der Waals surface area contributed by atoms with Gasteiger partial charge < -0.3 is 41.0 Å². The van der Waals surface area contributed by atoms with Crippen LogP contribution in [0.25, 0.3) is 0 Å². The van der Waals surface area contributed by atoms with Crippen LogP contribution in [0.1, 0.15) is 234 Å². The molecule has 0 unspecified atom stereocenters. The van der Waals surface area contributed by atoms with E-state index in [-0.39, 0.29) is 59.7 Å². The number of nitrogens with zero attached hydrogens (tertiary/aromatic N) is 9. The summed E-state index contributed by atoms with van der Waals surface area (Å²) in [7, 11) is 0. The minimum Gasteiger partial charge on any atom is -0.444 e. The number of nitriles is 1. The van der Waals surface area contributed by atoms with Crippen molar-refractivity contribution in [3.8, 4) is 6.19 Å². The standard InChI is InChI=1S/C22H33N3O3S.C18H24N4OS.C13H22N2O3.C9H12BrNS.C6H14N2/c1-22(2,3)28-21(27)24-11-9-15-10-12-25(19(26)17(15)14-24)20-23-13-18(29-20)16-7-5-4-6-8-16;19-12-21-8-6-13-7-9-22(17(23)15(13)11-21)18-20-10-16(24-18)14-4-2-1-3-5-14;1-13(2,3)18-12(17)15-7-5-9-4-6-14-11(16)10(9)8-15;10-9-11-6-8(12-9)7-4-2-1-3-5-7;7-5-3-1-2-4-6(5)8/h13,15-17H,4-12,14H2,1-3H3;10,13-15H,1-9,11H2;9-10H,4-8H2,1-3H3,(H,14,16);6-7H,1-5H2;5-6H,1-4,7-8H2/t15-,17+;13-,15+;9-,10-;;5-,6+/m001../s1. The number of fused-ring (bicyclic) bond motifs is 3. The van der Waals surface area contributed by atoms with E-state index in [0.29, 0.717) is 62.3 Å². The average Bonchev–Trinajstić information content (AvgIpc) is 1.99. The van der Waals surface area contributed by atoms with Gasteiger partial charge in [0.2, 0.25) is 17.7 Å². The molecule has 19 nitrogen and oxygen atoms in total. The molecule has 0 radical (unpaired) electrons. The van der Waals surface area contributed by atoms with Crippen molar-refractivity contribution in [1.29, 1.82) is 5.26 Å². The molecule has 5 N–H and O–H groups in total. The third-order valence-corrected chi connectivity index (χ3v) is 24.4. The smallest absolute Gasteiger partial charge is 0.410 e. The maximum absolute atomic E-state index is 13.3. The summed E-state index contributed by atoms with van der Waals surface area (Å²) in [5.74, 6) is 3.43. The summed E-state index contributed by atoms with van der Waals surface area (Å²) in [5, 5.41) is 13.7. The quantitative estimate of drug-likeness (QED) is 0.201. The Morgan fingerprint density at radius 2 is 0.912 bits per heavy atom. The van der Waals surface area contributed by atoms with Gasteiger partial charge in [0.15, 0.2) is 20.4 Å². The maximum Gasteiger partial charge on any atom is 0.410 e. The van der Waals surface area contributed by atoms with Crippen LogP contribution in [0.5, 0.6) is 0 Å². The molecule has 8 atom stereocenters. The molecule has 0 bridgehead atoms. The van der Waals surface area contributed by atoms with Crippen molar-refractivity contribution in [2.24, 2.45) is 47.0 Å². The number of likely N-dealkylation sites (tertiary alicyclic amines) is 3. The molecular formula is C68H105BrN12O7S3. The highest BCUT2D eigenvalue weighted by atomic mass is 79.9. The number of aromatic nitrogens is 3. The second kappa shape index (κ2) is 33.3.